The number of hydrogen-bond donors (Lipinski definition) is 2. The van der Waals surface area contributed by atoms with Crippen molar-refractivity contribution in [2.45, 2.75) is 162 Å². The molecule has 0 saturated carbocycles. The molecule has 1 atom stereocenters. The zero-order valence-corrected chi connectivity index (χ0v) is 27.3. The molecule has 1 aliphatic heterocycles. The van der Waals surface area contributed by atoms with Gasteiger partial charge in [-0.05, 0) is 53.4 Å². The summed E-state index contributed by atoms with van der Waals surface area (Å²) in [5, 5.41) is 12.9. The van der Waals surface area contributed by atoms with Crippen molar-refractivity contribution in [2.75, 3.05) is 5.06 Å². The molecule has 5 nitrogen and oxygen atoms in total. The van der Waals surface area contributed by atoms with E-state index in [-0.39, 0.29) is 17.0 Å². The van der Waals surface area contributed by atoms with Crippen molar-refractivity contribution in [3.05, 3.63) is 29.3 Å². The summed E-state index contributed by atoms with van der Waals surface area (Å²) in [6, 6.07) is 6.44. The average Bonchev–Trinajstić information content (AvgIpc) is 2.87. The largest absolute Gasteiger partial charge is 0.281 e. The van der Waals surface area contributed by atoms with Crippen LogP contribution in [0.15, 0.2) is 28.2 Å². The lowest BCUT2D eigenvalue weighted by atomic mass is 9.80. The highest BCUT2D eigenvalue weighted by atomic mass is 32.1. The quantitative estimate of drug-likeness (QED) is 0.128. The minimum atomic E-state index is -0.121. The van der Waals surface area contributed by atoms with Gasteiger partial charge in [-0.15, -0.1) is 0 Å². The Morgan fingerprint density at radius 3 is 1.77 bits per heavy atom. The molecule has 1 aromatic carbocycles. The van der Waals surface area contributed by atoms with Crippen LogP contribution < -0.4 is 5.06 Å². The molecule has 222 valence electrons. The summed E-state index contributed by atoms with van der Waals surface area (Å²) in [4.78, 5) is 9.88. The minimum absolute atomic E-state index is 0.0451. The summed E-state index contributed by atoms with van der Waals surface area (Å²) >= 11 is 4.85. The van der Waals surface area contributed by atoms with Crippen LogP contribution in [0.1, 0.15) is 156 Å². The van der Waals surface area contributed by atoms with Crippen molar-refractivity contribution < 1.29 is 5.21 Å². The zero-order valence-electron chi connectivity index (χ0n) is 26.4. The topological polar surface area (TPSA) is 51.4 Å². The van der Waals surface area contributed by atoms with Crippen molar-refractivity contribution in [2.24, 2.45) is 9.98 Å². The number of guanidine groups is 1. The first kappa shape index (κ1) is 33.7. The van der Waals surface area contributed by atoms with E-state index in [2.05, 4.69) is 73.6 Å². The van der Waals surface area contributed by atoms with Crippen molar-refractivity contribution in [3.8, 4) is 0 Å². The highest BCUT2D eigenvalue weighted by Crippen LogP contribution is 2.34. The van der Waals surface area contributed by atoms with Crippen LogP contribution in [-0.4, -0.2) is 27.5 Å². The molecule has 1 heterocycles. The highest BCUT2D eigenvalue weighted by Gasteiger charge is 2.30. The number of thiol groups is 1. The van der Waals surface area contributed by atoms with Gasteiger partial charge in [0.25, 0.3) is 0 Å². The number of unbranched alkanes of at least 4 members (excludes halogenated alkanes) is 10. The van der Waals surface area contributed by atoms with Gasteiger partial charge in [-0.2, -0.15) is 10.1 Å². The van der Waals surface area contributed by atoms with Crippen molar-refractivity contribution in [1.29, 1.82) is 0 Å². The predicted molar refractivity (Wildman–Crippen MR) is 174 cm³/mol. The van der Waals surface area contributed by atoms with Gasteiger partial charge in [0.1, 0.15) is 12.0 Å². The number of anilines is 1. The number of aliphatic imine (C=N–C) groups is 2. The zero-order chi connectivity index (χ0) is 29.1. The molecule has 0 bridgehead atoms. The van der Waals surface area contributed by atoms with Crippen LogP contribution in [0.4, 0.5) is 5.69 Å². The Kier molecular flexibility index (Phi) is 13.9. The van der Waals surface area contributed by atoms with Crippen LogP contribution in [0.25, 0.3) is 0 Å². The number of hydroxylamine groups is 1. The van der Waals surface area contributed by atoms with Gasteiger partial charge in [-0.3, -0.25) is 9.51 Å². The fourth-order valence-electron chi connectivity index (χ4n) is 4.89. The summed E-state index contributed by atoms with van der Waals surface area (Å²) in [5.41, 5.74) is 3.02. The Labute approximate surface area is 246 Å². The van der Waals surface area contributed by atoms with Crippen molar-refractivity contribution in [1.82, 2.24) is 4.31 Å². The van der Waals surface area contributed by atoms with Crippen molar-refractivity contribution in [3.63, 3.8) is 0 Å². The van der Waals surface area contributed by atoms with E-state index < -0.39 is 0 Å². The fraction of sp³-hybridized carbons (Fsp3) is 0.758. The molecule has 0 radical (unpaired) electrons. The first-order valence-electron chi connectivity index (χ1n) is 15.7. The Bertz CT molecular complexity index is 896. The number of benzene rings is 1. The molecule has 6 heteroatoms. The molecule has 0 spiro atoms. The van der Waals surface area contributed by atoms with Crippen LogP contribution in [0.2, 0.25) is 0 Å². The third-order valence-corrected chi connectivity index (χ3v) is 8.11. The lowest BCUT2D eigenvalue weighted by Gasteiger charge is -2.35. The van der Waals surface area contributed by atoms with Crippen LogP contribution in [0.5, 0.6) is 0 Å². The van der Waals surface area contributed by atoms with E-state index in [0.717, 1.165) is 37.2 Å². The van der Waals surface area contributed by atoms with E-state index >= 15 is 0 Å². The molecule has 0 fully saturated rings. The predicted octanol–water partition coefficient (Wildman–Crippen LogP) is 10.2. The van der Waals surface area contributed by atoms with Crippen LogP contribution in [-0.2, 0) is 10.8 Å². The third-order valence-electron chi connectivity index (χ3n) is 7.67. The van der Waals surface area contributed by atoms with Crippen LogP contribution in [0.3, 0.4) is 0 Å². The molecule has 1 N–H and O–H groups in total. The Morgan fingerprint density at radius 1 is 0.769 bits per heavy atom. The average molecular weight is 559 g/mol. The van der Waals surface area contributed by atoms with Gasteiger partial charge in [0.2, 0.25) is 5.96 Å². The summed E-state index contributed by atoms with van der Waals surface area (Å²) in [6.45, 7) is 17.8. The Balaban J connectivity index is 2.29. The molecule has 39 heavy (non-hydrogen) atoms. The minimum Gasteiger partial charge on any atom is -0.281 e. The maximum absolute atomic E-state index is 11.6. The Hall–Kier alpha value is -1.53. The second-order valence-corrected chi connectivity index (χ2v) is 13.9. The number of hydrogen-bond acceptors (Lipinski definition) is 6. The summed E-state index contributed by atoms with van der Waals surface area (Å²) in [6.07, 6.45) is 16.5. The van der Waals surface area contributed by atoms with E-state index in [1.54, 1.807) is 4.31 Å². The normalized spacial score (nSPS) is 16.4. The maximum atomic E-state index is 11.6. The maximum Gasteiger partial charge on any atom is 0.244 e. The molecular weight excluding hydrogens is 500 g/mol. The van der Waals surface area contributed by atoms with Gasteiger partial charge >= 0.3 is 0 Å². The standard InChI is InChI=1S/C33H58N4OS/c1-9-11-13-15-17-19-21-29-34-30(22-20-18-16-14-12-10-2)37(39)31(35-29)36(38)28-24-26(32(3,4)5)23-27(25-28)33(6,7)8/h23-25,30,38-39H,9-22H2,1-8H3. The molecule has 0 saturated heterocycles. The summed E-state index contributed by atoms with van der Waals surface area (Å²) in [5.74, 6) is 1.29. The monoisotopic (exact) mass is 558 g/mol. The van der Waals surface area contributed by atoms with E-state index in [1.165, 1.54) is 80.4 Å². The van der Waals surface area contributed by atoms with E-state index in [0.29, 0.717) is 5.96 Å². The van der Waals surface area contributed by atoms with Crippen LogP contribution >= 0.6 is 12.8 Å². The van der Waals surface area contributed by atoms with Gasteiger partial charge in [-0.25, -0.2) is 4.99 Å². The highest BCUT2D eigenvalue weighted by molar-refractivity contribution is 7.78. The molecule has 1 aromatic rings. The number of nitrogens with zero attached hydrogens (tertiary/aromatic N) is 4. The fourth-order valence-corrected chi connectivity index (χ4v) is 5.19. The second-order valence-electron chi connectivity index (χ2n) is 13.4. The van der Waals surface area contributed by atoms with Gasteiger partial charge < -0.3 is 0 Å². The molecule has 0 aliphatic carbocycles. The summed E-state index contributed by atoms with van der Waals surface area (Å²) in [7, 11) is 0. The molecule has 2 rings (SSSR count). The van der Waals surface area contributed by atoms with Gasteiger partial charge in [-0.1, -0.05) is 138 Å². The first-order valence-corrected chi connectivity index (χ1v) is 16.1. The molecule has 1 aliphatic rings. The molecule has 0 aromatic heterocycles. The molecular formula is C33H58N4OS. The Morgan fingerprint density at radius 2 is 1.26 bits per heavy atom. The van der Waals surface area contributed by atoms with Crippen LogP contribution in [0, 0.1) is 0 Å². The molecule has 1 unspecified atom stereocenters. The first-order chi connectivity index (χ1) is 18.4. The van der Waals surface area contributed by atoms with Crippen molar-refractivity contribution >= 4 is 30.3 Å². The SMILES string of the molecule is CCCCCCCCC1=NC(CCCCCCCC)N(S)C(N(O)c2cc(C(C)(C)C)cc(C(C)(C)C)c2)=N1. The van der Waals surface area contributed by atoms with Gasteiger partial charge in [0.15, 0.2) is 0 Å². The van der Waals surface area contributed by atoms with E-state index in [9.17, 15) is 5.21 Å². The third kappa shape index (κ3) is 11.1. The van der Waals surface area contributed by atoms with Gasteiger partial charge in [0, 0.05) is 6.42 Å². The number of amidine groups is 1. The lowest BCUT2D eigenvalue weighted by Crippen LogP contribution is -2.46. The summed E-state index contributed by atoms with van der Waals surface area (Å²) < 4.78 is 1.78. The van der Waals surface area contributed by atoms with E-state index in [1.807, 2.05) is 0 Å². The second kappa shape index (κ2) is 16.0. The lowest BCUT2D eigenvalue weighted by molar-refractivity contribution is 0.290. The van der Waals surface area contributed by atoms with Gasteiger partial charge in [0.05, 0.1) is 5.69 Å². The smallest absolute Gasteiger partial charge is 0.244 e. The number of rotatable bonds is 15. The van der Waals surface area contributed by atoms with E-state index in [4.69, 9.17) is 22.8 Å². The molecule has 0 amide bonds.